The highest BCUT2D eigenvalue weighted by molar-refractivity contribution is 5.78. The molecule has 2 N–H and O–H groups in total. The minimum Gasteiger partial charge on any atom is -0.493 e. The molecule has 1 unspecified atom stereocenters. The van der Waals surface area contributed by atoms with Crippen molar-refractivity contribution in [1.29, 1.82) is 0 Å². The fourth-order valence-electron chi connectivity index (χ4n) is 3.54. The van der Waals surface area contributed by atoms with Gasteiger partial charge in [-0.15, -0.1) is 0 Å². The maximum atomic E-state index is 6.25. The summed E-state index contributed by atoms with van der Waals surface area (Å²) in [5.74, 6) is 3.06. The monoisotopic (exact) mass is 351 g/mol. The van der Waals surface area contributed by atoms with Crippen molar-refractivity contribution in [1.82, 2.24) is 9.88 Å². The molecule has 2 aliphatic heterocycles. The molecule has 2 aliphatic rings. The van der Waals surface area contributed by atoms with E-state index in [2.05, 4.69) is 31.9 Å². The summed E-state index contributed by atoms with van der Waals surface area (Å²) in [5.41, 5.74) is 7.51. The molecule has 1 atom stereocenters. The highest BCUT2D eigenvalue weighted by Gasteiger charge is 2.21. The second-order valence-corrected chi connectivity index (χ2v) is 6.85. The summed E-state index contributed by atoms with van der Waals surface area (Å²) in [6, 6.07) is 14.2. The molecule has 1 fully saturated rings. The fraction of sp³-hybridized carbons (Fsp3) is 0.400. The lowest BCUT2D eigenvalue weighted by atomic mass is 9.97. The zero-order chi connectivity index (χ0) is 17.8. The van der Waals surface area contributed by atoms with Crippen LogP contribution in [0.2, 0.25) is 0 Å². The molecular formula is C20H25N5O. The Hall–Kier alpha value is -2.76. The first-order valence-electron chi connectivity index (χ1n) is 9.21. The van der Waals surface area contributed by atoms with Crippen LogP contribution in [0.15, 0.2) is 53.7 Å². The molecule has 1 aromatic heterocycles. The average Bonchev–Trinajstić information content (AvgIpc) is 2.72. The van der Waals surface area contributed by atoms with Crippen molar-refractivity contribution in [3.63, 3.8) is 0 Å². The van der Waals surface area contributed by atoms with Crippen LogP contribution in [0.25, 0.3) is 0 Å². The Kier molecular flexibility index (Phi) is 4.91. The lowest BCUT2D eigenvalue weighted by Gasteiger charge is -2.36. The van der Waals surface area contributed by atoms with Gasteiger partial charge >= 0.3 is 0 Å². The molecule has 1 saturated heterocycles. The van der Waals surface area contributed by atoms with Gasteiger partial charge in [-0.3, -0.25) is 4.99 Å². The smallest absolute Gasteiger partial charge is 0.191 e. The van der Waals surface area contributed by atoms with Crippen molar-refractivity contribution in [3.8, 4) is 5.75 Å². The second-order valence-electron chi connectivity index (χ2n) is 6.85. The minimum atomic E-state index is 0.387. The van der Waals surface area contributed by atoms with E-state index < -0.39 is 0 Å². The Morgan fingerprint density at radius 3 is 2.73 bits per heavy atom. The van der Waals surface area contributed by atoms with Crippen molar-refractivity contribution < 1.29 is 4.74 Å². The first kappa shape index (κ1) is 16.7. The number of guanidine groups is 1. The molecule has 26 heavy (non-hydrogen) atoms. The summed E-state index contributed by atoms with van der Waals surface area (Å²) in [4.78, 5) is 13.5. The van der Waals surface area contributed by atoms with Crippen molar-refractivity contribution >= 4 is 11.8 Å². The van der Waals surface area contributed by atoms with Crippen LogP contribution in [-0.2, 0) is 6.42 Å². The van der Waals surface area contributed by atoms with Gasteiger partial charge in [0.15, 0.2) is 5.96 Å². The molecular weight excluding hydrogens is 326 g/mol. The number of nitrogens with zero attached hydrogens (tertiary/aromatic N) is 4. The van der Waals surface area contributed by atoms with Gasteiger partial charge in [0.25, 0.3) is 0 Å². The second kappa shape index (κ2) is 7.64. The number of rotatable bonds is 3. The molecule has 6 heteroatoms. The Bertz CT molecular complexity index is 756. The molecule has 4 rings (SSSR count). The number of aliphatic imine (C=N–C) groups is 1. The molecule has 0 amide bonds. The molecule has 136 valence electrons. The molecule has 0 aliphatic carbocycles. The quantitative estimate of drug-likeness (QED) is 0.674. The number of anilines is 1. The zero-order valence-electron chi connectivity index (χ0n) is 14.9. The van der Waals surface area contributed by atoms with E-state index in [1.165, 1.54) is 5.56 Å². The van der Waals surface area contributed by atoms with Gasteiger partial charge in [-0.05, 0) is 30.2 Å². The van der Waals surface area contributed by atoms with Crippen molar-refractivity contribution in [2.75, 3.05) is 44.2 Å². The molecule has 2 aromatic rings. The van der Waals surface area contributed by atoms with Gasteiger partial charge in [0, 0.05) is 44.8 Å². The van der Waals surface area contributed by atoms with Crippen molar-refractivity contribution in [2.24, 2.45) is 16.6 Å². The predicted molar refractivity (Wildman–Crippen MR) is 104 cm³/mol. The van der Waals surface area contributed by atoms with Crippen LogP contribution in [-0.4, -0.2) is 55.2 Å². The molecule has 1 aromatic carbocycles. The highest BCUT2D eigenvalue weighted by atomic mass is 16.5. The number of hydrogen-bond donors (Lipinski definition) is 1. The predicted octanol–water partition coefficient (Wildman–Crippen LogP) is 1.77. The number of ether oxygens (including phenoxy) is 1. The van der Waals surface area contributed by atoms with E-state index in [0.717, 1.165) is 44.2 Å². The van der Waals surface area contributed by atoms with E-state index in [1.54, 1.807) is 0 Å². The van der Waals surface area contributed by atoms with Crippen LogP contribution in [0.4, 0.5) is 5.82 Å². The number of para-hydroxylation sites is 1. The van der Waals surface area contributed by atoms with Gasteiger partial charge in [-0.1, -0.05) is 24.3 Å². The van der Waals surface area contributed by atoms with Gasteiger partial charge in [0.2, 0.25) is 0 Å². The van der Waals surface area contributed by atoms with E-state index in [-0.39, 0.29) is 0 Å². The maximum Gasteiger partial charge on any atom is 0.191 e. The number of hydrogen-bond acceptors (Lipinski definition) is 4. The van der Waals surface area contributed by atoms with Gasteiger partial charge in [-0.2, -0.15) is 0 Å². The standard InChI is InChI=1S/C20H25N5O/c21-20(23-14-16-13-17-5-1-2-6-18(17)26-15-16)25-11-9-24(10-12-25)19-7-3-4-8-22-19/h1-8,16H,9-15H2,(H2,21,23). The Morgan fingerprint density at radius 1 is 1.12 bits per heavy atom. The molecule has 0 saturated carbocycles. The third-order valence-corrected chi connectivity index (χ3v) is 5.04. The molecule has 3 heterocycles. The Morgan fingerprint density at radius 2 is 1.92 bits per heavy atom. The lowest BCUT2D eigenvalue weighted by molar-refractivity contribution is 0.226. The minimum absolute atomic E-state index is 0.387. The Labute approximate surface area is 154 Å². The summed E-state index contributed by atoms with van der Waals surface area (Å²) >= 11 is 0. The number of pyridine rings is 1. The summed E-state index contributed by atoms with van der Waals surface area (Å²) < 4.78 is 5.84. The average molecular weight is 351 g/mol. The maximum absolute atomic E-state index is 6.25. The van der Waals surface area contributed by atoms with E-state index in [0.29, 0.717) is 25.0 Å². The van der Waals surface area contributed by atoms with Gasteiger partial charge in [-0.25, -0.2) is 4.98 Å². The molecule has 0 spiro atoms. The number of benzene rings is 1. The number of aromatic nitrogens is 1. The van der Waals surface area contributed by atoms with Crippen LogP contribution in [0.5, 0.6) is 5.75 Å². The first-order chi connectivity index (χ1) is 12.8. The highest BCUT2D eigenvalue weighted by Crippen LogP contribution is 2.26. The SMILES string of the molecule is NC(=NCC1COc2ccccc2C1)N1CCN(c2ccccn2)CC1. The van der Waals surface area contributed by atoms with Crippen LogP contribution < -0.4 is 15.4 Å². The molecule has 0 radical (unpaired) electrons. The van der Waals surface area contributed by atoms with Gasteiger partial charge in [0.05, 0.1) is 6.61 Å². The lowest BCUT2D eigenvalue weighted by Crippen LogP contribution is -2.51. The summed E-state index contributed by atoms with van der Waals surface area (Å²) in [6.45, 7) is 4.98. The molecule has 0 bridgehead atoms. The fourth-order valence-corrected chi connectivity index (χ4v) is 3.54. The number of fused-ring (bicyclic) bond motifs is 1. The number of piperazine rings is 1. The van der Waals surface area contributed by atoms with Crippen LogP contribution >= 0.6 is 0 Å². The largest absolute Gasteiger partial charge is 0.493 e. The van der Waals surface area contributed by atoms with Gasteiger partial charge in [0.1, 0.15) is 11.6 Å². The molecule has 6 nitrogen and oxygen atoms in total. The zero-order valence-corrected chi connectivity index (χ0v) is 14.9. The van der Waals surface area contributed by atoms with E-state index >= 15 is 0 Å². The summed E-state index contributed by atoms with van der Waals surface area (Å²) in [7, 11) is 0. The summed E-state index contributed by atoms with van der Waals surface area (Å²) in [6.07, 6.45) is 2.84. The Balaban J connectivity index is 1.29. The van der Waals surface area contributed by atoms with Crippen molar-refractivity contribution in [2.45, 2.75) is 6.42 Å². The normalized spacial score (nSPS) is 20.5. The van der Waals surface area contributed by atoms with E-state index in [1.807, 2.05) is 36.5 Å². The van der Waals surface area contributed by atoms with E-state index in [4.69, 9.17) is 10.5 Å². The van der Waals surface area contributed by atoms with Crippen LogP contribution in [0.1, 0.15) is 5.56 Å². The van der Waals surface area contributed by atoms with E-state index in [9.17, 15) is 0 Å². The third-order valence-electron chi connectivity index (χ3n) is 5.04. The topological polar surface area (TPSA) is 67.0 Å². The summed E-state index contributed by atoms with van der Waals surface area (Å²) in [5, 5.41) is 0. The number of nitrogens with two attached hydrogens (primary N) is 1. The van der Waals surface area contributed by atoms with Crippen molar-refractivity contribution in [3.05, 3.63) is 54.2 Å². The first-order valence-corrected chi connectivity index (χ1v) is 9.21. The van der Waals surface area contributed by atoms with Crippen LogP contribution in [0.3, 0.4) is 0 Å². The van der Waals surface area contributed by atoms with Crippen LogP contribution in [0, 0.1) is 5.92 Å². The third kappa shape index (κ3) is 3.74. The van der Waals surface area contributed by atoms with Gasteiger partial charge < -0.3 is 20.3 Å².